The summed E-state index contributed by atoms with van der Waals surface area (Å²) in [6.45, 7) is 0. The molecule has 20 heavy (non-hydrogen) atoms. The quantitative estimate of drug-likeness (QED) is 0.781. The zero-order valence-electron chi connectivity index (χ0n) is 12.1. The molecule has 2 N–H and O–H groups in total. The van der Waals surface area contributed by atoms with Crippen molar-refractivity contribution in [1.29, 1.82) is 0 Å². The molecule has 3 aliphatic carbocycles. The van der Waals surface area contributed by atoms with Gasteiger partial charge in [0.15, 0.2) is 0 Å². The Bertz CT molecular complexity index is 401. The van der Waals surface area contributed by atoms with Gasteiger partial charge in [0.25, 0.3) is 0 Å². The first-order chi connectivity index (χ1) is 9.62. The fourth-order valence-corrected chi connectivity index (χ4v) is 4.41. The zero-order chi connectivity index (χ0) is 14.2. The predicted molar refractivity (Wildman–Crippen MR) is 75.1 cm³/mol. The predicted octanol–water partition coefficient (Wildman–Crippen LogP) is 2.72. The first-order valence-electron chi connectivity index (χ1n) is 8.16. The number of carbonyl (C=O) groups is 2. The largest absolute Gasteiger partial charge is 0.481 e. The normalized spacial score (nSPS) is 35.5. The zero-order valence-corrected chi connectivity index (χ0v) is 12.1. The Balaban J connectivity index is 1.60. The van der Waals surface area contributed by atoms with Crippen molar-refractivity contribution in [2.45, 2.75) is 70.3 Å². The molecule has 0 aliphatic heterocycles. The molecule has 0 aromatic carbocycles. The minimum Gasteiger partial charge on any atom is -0.481 e. The molecule has 0 heterocycles. The van der Waals surface area contributed by atoms with Crippen molar-refractivity contribution in [3.8, 4) is 0 Å². The molecule has 1 spiro atoms. The second-order valence-corrected chi connectivity index (χ2v) is 7.02. The summed E-state index contributed by atoms with van der Waals surface area (Å²) in [7, 11) is 0. The lowest BCUT2D eigenvalue weighted by molar-refractivity contribution is -0.143. The molecule has 4 heteroatoms. The number of carbonyl (C=O) groups excluding carboxylic acids is 1. The van der Waals surface area contributed by atoms with Crippen LogP contribution in [0.1, 0.15) is 64.2 Å². The van der Waals surface area contributed by atoms with Gasteiger partial charge in [-0.2, -0.15) is 0 Å². The van der Waals surface area contributed by atoms with Crippen LogP contribution < -0.4 is 5.32 Å². The van der Waals surface area contributed by atoms with E-state index in [0.717, 1.165) is 32.1 Å². The molecule has 3 saturated carbocycles. The molecule has 1 unspecified atom stereocenters. The van der Waals surface area contributed by atoms with E-state index < -0.39 is 5.97 Å². The van der Waals surface area contributed by atoms with E-state index in [9.17, 15) is 14.7 Å². The monoisotopic (exact) mass is 279 g/mol. The van der Waals surface area contributed by atoms with Gasteiger partial charge in [-0.1, -0.05) is 32.1 Å². The van der Waals surface area contributed by atoms with Crippen molar-refractivity contribution in [1.82, 2.24) is 5.32 Å². The Morgan fingerprint density at radius 2 is 1.70 bits per heavy atom. The van der Waals surface area contributed by atoms with Gasteiger partial charge >= 0.3 is 5.97 Å². The maximum absolute atomic E-state index is 12.4. The van der Waals surface area contributed by atoms with Crippen LogP contribution in [0.3, 0.4) is 0 Å². The number of hydrogen-bond donors (Lipinski definition) is 2. The van der Waals surface area contributed by atoms with Gasteiger partial charge in [-0.15, -0.1) is 0 Å². The third kappa shape index (κ3) is 2.57. The molecular weight excluding hydrogens is 254 g/mol. The van der Waals surface area contributed by atoms with E-state index in [0.29, 0.717) is 11.8 Å². The van der Waals surface area contributed by atoms with Crippen LogP contribution in [0.15, 0.2) is 0 Å². The number of rotatable bonds is 3. The summed E-state index contributed by atoms with van der Waals surface area (Å²) in [5, 5.41) is 12.4. The highest BCUT2D eigenvalue weighted by atomic mass is 16.4. The molecule has 0 saturated heterocycles. The van der Waals surface area contributed by atoms with Crippen molar-refractivity contribution < 1.29 is 14.7 Å². The van der Waals surface area contributed by atoms with Crippen LogP contribution in [0.5, 0.6) is 0 Å². The summed E-state index contributed by atoms with van der Waals surface area (Å²) in [4.78, 5) is 23.8. The second kappa shape index (κ2) is 5.38. The molecule has 0 radical (unpaired) electrons. The standard InChI is InChI=1S/C16H25NO3/c18-14(12-10-16(12)8-4-5-9-16)17-13-7-3-1-2-6-11(13)15(19)20/h11-13H,1-10H2,(H,17,18)(H,19,20)/t11-,12?,13+/m1/s1. The van der Waals surface area contributed by atoms with Gasteiger partial charge in [-0.3, -0.25) is 9.59 Å². The van der Waals surface area contributed by atoms with Gasteiger partial charge in [0.2, 0.25) is 5.91 Å². The van der Waals surface area contributed by atoms with E-state index in [2.05, 4.69) is 5.32 Å². The van der Waals surface area contributed by atoms with Crippen LogP contribution in [0.4, 0.5) is 0 Å². The summed E-state index contributed by atoms with van der Waals surface area (Å²) < 4.78 is 0. The Morgan fingerprint density at radius 1 is 1.00 bits per heavy atom. The van der Waals surface area contributed by atoms with E-state index in [1.54, 1.807) is 0 Å². The van der Waals surface area contributed by atoms with Crippen molar-refractivity contribution in [2.24, 2.45) is 17.3 Å². The second-order valence-electron chi connectivity index (χ2n) is 7.02. The van der Waals surface area contributed by atoms with Crippen molar-refractivity contribution in [3.05, 3.63) is 0 Å². The van der Waals surface area contributed by atoms with E-state index in [4.69, 9.17) is 0 Å². The summed E-state index contributed by atoms with van der Waals surface area (Å²) >= 11 is 0. The van der Waals surface area contributed by atoms with Gasteiger partial charge in [0.05, 0.1) is 5.92 Å². The van der Waals surface area contributed by atoms with Gasteiger partial charge in [0.1, 0.15) is 0 Å². The topological polar surface area (TPSA) is 66.4 Å². The Kier molecular flexibility index (Phi) is 3.74. The molecule has 3 fully saturated rings. The van der Waals surface area contributed by atoms with Gasteiger partial charge in [0, 0.05) is 12.0 Å². The molecule has 1 amide bonds. The minimum absolute atomic E-state index is 0.130. The summed E-state index contributed by atoms with van der Waals surface area (Å²) in [6.07, 6.45) is 10.5. The Morgan fingerprint density at radius 3 is 2.40 bits per heavy atom. The fraction of sp³-hybridized carbons (Fsp3) is 0.875. The molecule has 3 atom stereocenters. The van der Waals surface area contributed by atoms with Crippen LogP contribution in [0.2, 0.25) is 0 Å². The number of amides is 1. The lowest BCUT2D eigenvalue weighted by atomic mass is 9.94. The highest BCUT2D eigenvalue weighted by Gasteiger charge is 2.58. The molecular formula is C16H25NO3. The Hall–Kier alpha value is -1.06. The first-order valence-corrected chi connectivity index (χ1v) is 8.16. The smallest absolute Gasteiger partial charge is 0.308 e. The molecule has 3 aliphatic rings. The maximum atomic E-state index is 12.4. The summed E-state index contributed by atoms with van der Waals surface area (Å²) in [6, 6.07) is -0.151. The van der Waals surface area contributed by atoms with Gasteiger partial charge < -0.3 is 10.4 Å². The van der Waals surface area contributed by atoms with Crippen LogP contribution >= 0.6 is 0 Å². The molecule has 0 aromatic heterocycles. The molecule has 112 valence electrons. The maximum Gasteiger partial charge on any atom is 0.308 e. The highest BCUT2D eigenvalue weighted by Crippen LogP contribution is 2.62. The van der Waals surface area contributed by atoms with Crippen molar-refractivity contribution >= 4 is 11.9 Å². The van der Waals surface area contributed by atoms with Gasteiger partial charge in [-0.05, 0) is 37.5 Å². The number of carboxylic acid groups (broad SMARTS) is 1. The highest BCUT2D eigenvalue weighted by molar-refractivity contribution is 5.83. The van der Waals surface area contributed by atoms with Crippen molar-refractivity contribution in [3.63, 3.8) is 0 Å². The SMILES string of the molecule is O=C(N[C@H]1CCCCC[C@H]1C(=O)O)C1CC12CCCC2. The molecule has 0 bridgehead atoms. The third-order valence-corrected chi connectivity index (χ3v) is 5.77. The number of carboxylic acids is 1. The third-order valence-electron chi connectivity index (χ3n) is 5.77. The van der Waals surface area contributed by atoms with Crippen LogP contribution in [-0.4, -0.2) is 23.0 Å². The lowest BCUT2D eigenvalue weighted by Gasteiger charge is -2.23. The Labute approximate surface area is 120 Å². The first kappa shape index (κ1) is 13.9. The van der Waals surface area contributed by atoms with E-state index in [1.807, 2.05) is 0 Å². The van der Waals surface area contributed by atoms with Gasteiger partial charge in [-0.25, -0.2) is 0 Å². The average molecular weight is 279 g/mol. The molecule has 0 aromatic rings. The summed E-state index contributed by atoms with van der Waals surface area (Å²) in [5.74, 6) is -0.837. The van der Waals surface area contributed by atoms with E-state index >= 15 is 0 Å². The van der Waals surface area contributed by atoms with Crippen molar-refractivity contribution in [2.75, 3.05) is 0 Å². The average Bonchev–Trinajstić information content (AvgIpc) is 2.99. The number of aliphatic carboxylic acids is 1. The van der Waals surface area contributed by atoms with E-state index in [1.165, 1.54) is 25.7 Å². The molecule has 3 rings (SSSR count). The van der Waals surface area contributed by atoms with Crippen LogP contribution in [0.25, 0.3) is 0 Å². The van der Waals surface area contributed by atoms with Crippen LogP contribution in [-0.2, 0) is 9.59 Å². The summed E-state index contributed by atoms with van der Waals surface area (Å²) in [5.41, 5.74) is 0.299. The molecule has 4 nitrogen and oxygen atoms in total. The lowest BCUT2D eigenvalue weighted by Crippen LogP contribution is -2.44. The number of nitrogens with one attached hydrogen (secondary N) is 1. The minimum atomic E-state index is -0.747. The fourth-order valence-electron chi connectivity index (χ4n) is 4.41. The van der Waals surface area contributed by atoms with Crippen LogP contribution in [0, 0.1) is 17.3 Å². The van der Waals surface area contributed by atoms with E-state index in [-0.39, 0.29) is 23.8 Å². The number of hydrogen-bond acceptors (Lipinski definition) is 2.